The molecular formula is C27H44. The number of hydrogen-bond acceptors (Lipinski definition) is 0. The molecule has 0 nitrogen and oxygen atoms in total. The van der Waals surface area contributed by atoms with Gasteiger partial charge in [-0.05, 0) is 90.8 Å². The monoisotopic (exact) mass is 368 g/mol. The summed E-state index contributed by atoms with van der Waals surface area (Å²) in [4.78, 5) is 0. The Morgan fingerprint density at radius 3 is 2.48 bits per heavy atom. The minimum absolute atomic E-state index is 0.444. The molecule has 0 heteroatoms. The van der Waals surface area contributed by atoms with Gasteiger partial charge in [0.05, 0.1) is 0 Å². The van der Waals surface area contributed by atoms with Gasteiger partial charge >= 0.3 is 0 Å². The molecule has 0 amide bonds. The van der Waals surface area contributed by atoms with Crippen LogP contribution in [0.3, 0.4) is 0 Å². The van der Waals surface area contributed by atoms with E-state index < -0.39 is 0 Å². The first-order chi connectivity index (χ1) is 12.9. The second kappa shape index (κ2) is 7.38. The van der Waals surface area contributed by atoms with Gasteiger partial charge in [-0.15, -0.1) is 0 Å². The highest BCUT2D eigenvalue weighted by molar-refractivity contribution is 5.23. The molecule has 4 rings (SSSR count). The minimum atomic E-state index is 0.444. The lowest BCUT2D eigenvalue weighted by molar-refractivity contribution is -0.0734. The Kier molecular flexibility index (Phi) is 5.41. The molecule has 0 bridgehead atoms. The summed E-state index contributed by atoms with van der Waals surface area (Å²) >= 11 is 0. The topological polar surface area (TPSA) is 0 Å². The standard InChI is InChI=1S/C27H44/c1-19(2)9-8-10-20(3)23-14-15-24-22-13-12-21-11-6-7-17-26(21,4)25(22)16-18-27(23,24)5/h6-7,11,17,19-25H,8-10,12-16,18H2,1-5H3/t20-,21?,22+,23-,24+,25+,26+,27-/m1/s1. The normalized spacial score (nSPS) is 46.8. The van der Waals surface area contributed by atoms with Gasteiger partial charge in [0.15, 0.2) is 0 Å². The van der Waals surface area contributed by atoms with Crippen LogP contribution in [0.5, 0.6) is 0 Å². The average molecular weight is 369 g/mol. The maximum Gasteiger partial charge on any atom is -0.00496 e. The van der Waals surface area contributed by atoms with Crippen molar-refractivity contribution in [2.45, 2.75) is 92.4 Å². The Morgan fingerprint density at radius 2 is 1.70 bits per heavy atom. The third-order valence-electron chi connectivity index (χ3n) is 9.96. The van der Waals surface area contributed by atoms with Gasteiger partial charge in [-0.1, -0.05) is 78.2 Å². The molecule has 3 saturated carbocycles. The Bertz CT molecular complexity index is 583. The Hall–Kier alpha value is -0.520. The summed E-state index contributed by atoms with van der Waals surface area (Å²) in [5.74, 6) is 6.53. The van der Waals surface area contributed by atoms with Crippen molar-refractivity contribution in [3.63, 3.8) is 0 Å². The molecule has 8 atom stereocenters. The third kappa shape index (κ3) is 3.28. The van der Waals surface area contributed by atoms with E-state index in [0.29, 0.717) is 10.8 Å². The van der Waals surface area contributed by atoms with Gasteiger partial charge in [0, 0.05) is 0 Å². The molecule has 152 valence electrons. The summed E-state index contributed by atoms with van der Waals surface area (Å²) in [7, 11) is 0. The molecular weight excluding hydrogens is 324 g/mol. The van der Waals surface area contributed by atoms with E-state index in [-0.39, 0.29) is 0 Å². The number of fused-ring (bicyclic) bond motifs is 5. The summed E-state index contributed by atoms with van der Waals surface area (Å²) in [6.07, 6.45) is 23.1. The van der Waals surface area contributed by atoms with Crippen LogP contribution in [0.15, 0.2) is 24.3 Å². The van der Waals surface area contributed by atoms with Crippen LogP contribution in [0.25, 0.3) is 0 Å². The van der Waals surface area contributed by atoms with Gasteiger partial charge in [0.2, 0.25) is 0 Å². The molecule has 0 aliphatic heterocycles. The first kappa shape index (κ1) is 19.8. The van der Waals surface area contributed by atoms with Crippen molar-refractivity contribution in [2.24, 2.45) is 52.3 Å². The van der Waals surface area contributed by atoms with Crippen LogP contribution in [0.1, 0.15) is 92.4 Å². The molecule has 0 aromatic carbocycles. The van der Waals surface area contributed by atoms with Crippen molar-refractivity contribution in [3.05, 3.63) is 24.3 Å². The molecule has 0 N–H and O–H groups in total. The highest BCUT2D eigenvalue weighted by Gasteiger charge is 2.59. The predicted molar refractivity (Wildman–Crippen MR) is 117 cm³/mol. The quantitative estimate of drug-likeness (QED) is 0.460. The van der Waals surface area contributed by atoms with E-state index in [9.17, 15) is 0 Å². The first-order valence-corrected chi connectivity index (χ1v) is 12.2. The SMILES string of the molecule is CC(C)CCC[C@@H](C)[C@H]1CC[C@H]2[C@@H]3CCC4C=CC=C[C@]4(C)[C@H]3CC[C@]12C. The Balaban J connectivity index is 1.48. The molecule has 0 spiro atoms. The van der Waals surface area contributed by atoms with Crippen molar-refractivity contribution in [1.29, 1.82) is 0 Å². The molecule has 3 fully saturated rings. The summed E-state index contributed by atoms with van der Waals surface area (Å²) in [6, 6.07) is 0. The Morgan fingerprint density at radius 1 is 0.889 bits per heavy atom. The van der Waals surface area contributed by atoms with Gasteiger partial charge < -0.3 is 0 Å². The van der Waals surface area contributed by atoms with E-state index in [0.717, 1.165) is 41.4 Å². The lowest BCUT2D eigenvalue weighted by atomic mass is 9.46. The first-order valence-electron chi connectivity index (χ1n) is 12.2. The minimum Gasteiger partial charge on any atom is -0.0806 e. The van der Waals surface area contributed by atoms with Crippen LogP contribution in [-0.4, -0.2) is 0 Å². The molecule has 1 unspecified atom stereocenters. The van der Waals surface area contributed by atoms with Crippen LogP contribution < -0.4 is 0 Å². The average Bonchev–Trinajstić information content (AvgIpc) is 2.98. The lowest BCUT2D eigenvalue weighted by Crippen LogP contribution is -2.51. The zero-order chi connectivity index (χ0) is 19.2. The van der Waals surface area contributed by atoms with E-state index in [1.165, 1.54) is 57.8 Å². The van der Waals surface area contributed by atoms with Crippen LogP contribution in [0.2, 0.25) is 0 Å². The van der Waals surface area contributed by atoms with Gasteiger partial charge in [0.25, 0.3) is 0 Å². The second-order valence-corrected chi connectivity index (χ2v) is 11.7. The summed E-state index contributed by atoms with van der Waals surface area (Å²) in [5, 5.41) is 0. The van der Waals surface area contributed by atoms with E-state index in [1.807, 2.05) is 0 Å². The zero-order valence-electron chi connectivity index (χ0n) is 18.7. The molecule has 0 heterocycles. The fourth-order valence-corrected chi connectivity index (χ4v) is 8.46. The van der Waals surface area contributed by atoms with Crippen LogP contribution in [0, 0.1) is 52.3 Å². The maximum atomic E-state index is 2.72. The van der Waals surface area contributed by atoms with Gasteiger partial charge in [0.1, 0.15) is 0 Å². The molecule has 4 aliphatic carbocycles. The van der Waals surface area contributed by atoms with Gasteiger partial charge in [-0.2, -0.15) is 0 Å². The Labute approximate surface area is 169 Å². The zero-order valence-corrected chi connectivity index (χ0v) is 18.7. The smallest absolute Gasteiger partial charge is 0.00496 e. The van der Waals surface area contributed by atoms with Gasteiger partial charge in [-0.25, -0.2) is 0 Å². The predicted octanol–water partition coefficient (Wildman–Crippen LogP) is 8.05. The molecule has 0 aromatic rings. The van der Waals surface area contributed by atoms with Crippen LogP contribution in [-0.2, 0) is 0 Å². The van der Waals surface area contributed by atoms with Crippen molar-refractivity contribution in [3.8, 4) is 0 Å². The van der Waals surface area contributed by atoms with Crippen molar-refractivity contribution >= 4 is 0 Å². The summed E-state index contributed by atoms with van der Waals surface area (Å²) < 4.78 is 0. The van der Waals surface area contributed by atoms with Crippen molar-refractivity contribution < 1.29 is 0 Å². The summed E-state index contributed by atoms with van der Waals surface area (Å²) in [5.41, 5.74) is 1.08. The van der Waals surface area contributed by atoms with E-state index >= 15 is 0 Å². The third-order valence-corrected chi connectivity index (χ3v) is 9.96. The maximum absolute atomic E-state index is 2.72. The van der Waals surface area contributed by atoms with Crippen molar-refractivity contribution in [2.75, 3.05) is 0 Å². The van der Waals surface area contributed by atoms with Gasteiger partial charge in [-0.3, -0.25) is 0 Å². The number of hydrogen-bond donors (Lipinski definition) is 0. The molecule has 4 aliphatic rings. The highest BCUT2D eigenvalue weighted by atomic mass is 14.6. The lowest BCUT2D eigenvalue weighted by Gasteiger charge is -2.58. The number of allylic oxidation sites excluding steroid dienone is 4. The van der Waals surface area contributed by atoms with E-state index in [4.69, 9.17) is 0 Å². The van der Waals surface area contributed by atoms with E-state index in [1.54, 1.807) is 0 Å². The van der Waals surface area contributed by atoms with Crippen LogP contribution in [0.4, 0.5) is 0 Å². The largest absolute Gasteiger partial charge is 0.0806 e. The highest BCUT2D eigenvalue weighted by Crippen LogP contribution is 2.67. The fourth-order valence-electron chi connectivity index (χ4n) is 8.46. The molecule has 0 aromatic heterocycles. The fraction of sp³-hybridized carbons (Fsp3) is 0.852. The van der Waals surface area contributed by atoms with E-state index in [2.05, 4.69) is 58.9 Å². The molecule has 0 saturated heterocycles. The second-order valence-electron chi connectivity index (χ2n) is 11.7. The summed E-state index contributed by atoms with van der Waals surface area (Å²) in [6.45, 7) is 12.7. The molecule has 0 radical (unpaired) electrons. The van der Waals surface area contributed by atoms with Crippen LogP contribution >= 0.6 is 0 Å². The van der Waals surface area contributed by atoms with Crippen molar-refractivity contribution in [1.82, 2.24) is 0 Å². The number of rotatable bonds is 5. The molecule has 27 heavy (non-hydrogen) atoms.